The molecule has 1 N–H and O–H groups in total. The highest BCUT2D eigenvalue weighted by atomic mass is 16.8. The van der Waals surface area contributed by atoms with Gasteiger partial charge in [-0.15, -0.1) is 0 Å². The third-order valence-corrected chi connectivity index (χ3v) is 4.29. The van der Waals surface area contributed by atoms with Crippen molar-refractivity contribution >= 4 is 17.6 Å². The lowest BCUT2D eigenvalue weighted by Crippen LogP contribution is -2.58. The van der Waals surface area contributed by atoms with Gasteiger partial charge < -0.3 is 19.4 Å². The molecule has 2 aliphatic rings. The molecule has 4 heterocycles. The van der Waals surface area contributed by atoms with E-state index in [4.69, 9.17) is 9.47 Å². The van der Waals surface area contributed by atoms with Crippen LogP contribution in [0.15, 0.2) is 55.1 Å². The largest absolute Gasteiger partial charge is 0.399 e. The lowest BCUT2D eigenvalue weighted by atomic mass is 10.2. The van der Waals surface area contributed by atoms with Gasteiger partial charge in [0.15, 0.2) is 0 Å². The van der Waals surface area contributed by atoms with E-state index in [9.17, 15) is 9.59 Å². The first-order valence-corrected chi connectivity index (χ1v) is 8.37. The van der Waals surface area contributed by atoms with E-state index in [1.54, 1.807) is 17.3 Å². The van der Waals surface area contributed by atoms with Crippen molar-refractivity contribution in [1.82, 2.24) is 14.9 Å². The number of carbonyl (C=O) groups is 2. The molecule has 0 amide bonds. The Bertz CT molecular complexity index is 827. The molecule has 8 nitrogen and oxygen atoms in total. The van der Waals surface area contributed by atoms with Gasteiger partial charge in [-0.25, -0.2) is 9.59 Å². The second-order valence-corrected chi connectivity index (χ2v) is 6.06. The lowest BCUT2D eigenvalue weighted by molar-refractivity contribution is -0.217. The number of carbonyl (C=O) groups excluding carboxylic acids is 2. The number of nitrogens with one attached hydrogen (secondary N) is 1. The van der Waals surface area contributed by atoms with E-state index < -0.39 is 17.8 Å². The van der Waals surface area contributed by atoms with Crippen LogP contribution in [0.2, 0.25) is 0 Å². The highest BCUT2D eigenvalue weighted by Gasteiger charge is 2.47. The zero-order valence-electron chi connectivity index (χ0n) is 14.0. The molecule has 8 heteroatoms. The molecule has 0 atom stereocenters. The Labute approximate surface area is 150 Å². The average Bonchev–Trinajstić information content (AvgIpc) is 3.05. The molecule has 0 unspecified atom stereocenters. The minimum atomic E-state index is -1.55. The van der Waals surface area contributed by atoms with E-state index in [1.165, 1.54) is 0 Å². The third kappa shape index (κ3) is 3.06. The number of ether oxygens (including phenoxy) is 2. The van der Waals surface area contributed by atoms with Gasteiger partial charge in [-0.2, -0.15) is 0 Å². The van der Waals surface area contributed by atoms with Crippen LogP contribution in [0.1, 0.15) is 6.42 Å². The summed E-state index contributed by atoms with van der Waals surface area (Å²) in [5.41, 5.74) is 1.55. The summed E-state index contributed by atoms with van der Waals surface area (Å²) in [6.45, 7) is 1.41. The van der Waals surface area contributed by atoms with Gasteiger partial charge in [-0.1, -0.05) is 0 Å². The first-order valence-electron chi connectivity index (χ1n) is 8.37. The van der Waals surface area contributed by atoms with E-state index in [1.807, 2.05) is 35.2 Å². The van der Waals surface area contributed by atoms with Crippen LogP contribution in [0.3, 0.4) is 0 Å². The minimum absolute atomic E-state index is 0.167. The Balaban J connectivity index is 1.76. The van der Waals surface area contributed by atoms with Crippen LogP contribution in [-0.2, 0) is 19.1 Å². The molecule has 26 heavy (non-hydrogen) atoms. The van der Waals surface area contributed by atoms with Crippen molar-refractivity contribution in [1.29, 1.82) is 0 Å². The van der Waals surface area contributed by atoms with E-state index in [0.29, 0.717) is 18.8 Å². The van der Waals surface area contributed by atoms with Crippen LogP contribution in [-0.4, -0.2) is 47.0 Å². The number of hydrogen-bond acceptors (Lipinski definition) is 7. The second kappa shape index (κ2) is 6.64. The monoisotopic (exact) mass is 354 g/mol. The van der Waals surface area contributed by atoms with Crippen LogP contribution in [0.4, 0.5) is 5.69 Å². The molecular formula is C18H18N4O4. The van der Waals surface area contributed by atoms with Gasteiger partial charge in [-0.05, 0) is 31.2 Å². The van der Waals surface area contributed by atoms with Crippen LogP contribution in [0, 0.1) is 0 Å². The molecule has 0 bridgehead atoms. The van der Waals surface area contributed by atoms with E-state index in [0.717, 1.165) is 24.3 Å². The minimum Gasteiger partial charge on any atom is -0.399 e. The number of rotatable bonds is 2. The molecule has 134 valence electrons. The molecule has 0 aliphatic carbocycles. The maximum absolute atomic E-state index is 12.0. The molecule has 2 aliphatic heterocycles. The van der Waals surface area contributed by atoms with Gasteiger partial charge in [0.05, 0.1) is 30.3 Å². The van der Waals surface area contributed by atoms with E-state index in [-0.39, 0.29) is 6.54 Å². The molecule has 1 fully saturated rings. The molecule has 2 aromatic heterocycles. The summed E-state index contributed by atoms with van der Waals surface area (Å²) in [5, 5.41) is 3.17. The average molecular weight is 354 g/mol. The number of esters is 2. The van der Waals surface area contributed by atoms with Crippen molar-refractivity contribution in [3.8, 4) is 5.69 Å². The summed E-state index contributed by atoms with van der Waals surface area (Å²) in [6, 6.07) is 5.76. The predicted molar refractivity (Wildman–Crippen MR) is 92.5 cm³/mol. The van der Waals surface area contributed by atoms with Crippen molar-refractivity contribution in [2.24, 2.45) is 0 Å². The van der Waals surface area contributed by atoms with Crippen molar-refractivity contribution in [2.75, 3.05) is 24.5 Å². The fourth-order valence-corrected chi connectivity index (χ4v) is 3.13. The number of nitrogens with zero attached hydrogens (tertiary/aromatic N) is 3. The Hall–Kier alpha value is -3.13. The fraction of sp³-hybridized carbons (Fsp3) is 0.278. The van der Waals surface area contributed by atoms with E-state index >= 15 is 0 Å². The molecule has 1 saturated heterocycles. The van der Waals surface area contributed by atoms with Crippen LogP contribution < -0.4 is 10.2 Å². The van der Waals surface area contributed by atoms with Gasteiger partial charge in [-0.3, -0.25) is 9.88 Å². The summed E-state index contributed by atoms with van der Waals surface area (Å²) >= 11 is 0. The Morgan fingerprint density at radius 3 is 2.46 bits per heavy atom. The third-order valence-electron chi connectivity index (χ3n) is 4.29. The van der Waals surface area contributed by atoms with Gasteiger partial charge in [0.1, 0.15) is 0 Å². The summed E-state index contributed by atoms with van der Waals surface area (Å²) in [5.74, 6) is -2.80. The molecule has 0 aromatic carbocycles. The molecule has 4 rings (SSSR count). The summed E-state index contributed by atoms with van der Waals surface area (Å²) in [7, 11) is 0. The zero-order chi connectivity index (χ0) is 18.0. The lowest BCUT2D eigenvalue weighted by Gasteiger charge is -2.40. The Kier molecular flexibility index (Phi) is 4.18. The molecule has 0 saturated carbocycles. The zero-order valence-corrected chi connectivity index (χ0v) is 14.0. The van der Waals surface area contributed by atoms with Crippen molar-refractivity contribution in [3.05, 3.63) is 55.1 Å². The van der Waals surface area contributed by atoms with Gasteiger partial charge >= 0.3 is 17.8 Å². The summed E-state index contributed by atoms with van der Waals surface area (Å²) in [4.78, 5) is 30.1. The fourth-order valence-electron chi connectivity index (χ4n) is 3.13. The number of aromatic nitrogens is 2. The van der Waals surface area contributed by atoms with Crippen molar-refractivity contribution in [2.45, 2.75) is 12.3 Å². The standard InChI is InChI=1S/C18H18N4O4/c23-16-4-5-17(24)26-18(25-16)13-19-6-3-9-22(18)15-10-14(11-20-12-15)21-7-1-2-8-21/h1-2,4-5,7-8,10-12,19H,3,6,9,13H2. The SMILES string of the molecule is O=C1C=CC(=O)OC2(CNCCCN2c2cncc(-n3cccc3)c2)O1. The van der Waals surface area contributed by atoms with E-state index in [2.05, 4.69) is 10.3 Å². The normalized spacial score (nSPS) is 19.6. The topological polar surface area (TPSA) is 85.7 Å². The second-order valence-electron chi connectivity index (χ2n) is 6.06. The van der Waals surface area contributed by atoms with Crippen LogP contribution in [0.25, 0.3) is 5.69 Å². The maximum atomic E-state index is 12.0. The highest BCUT2D eigenvalue weighted by molar-refractivity contribution is 5.93. The first-order chi connectivity index (χ1) is 12.7. The molecule has 2 aromatic rings. The first kappa shape index (κ1) is 16.3. The van der Waals surface area contributed by atoms with Gasteiger partial charge in [0.2, 0.25) is 0 Å². The number of anilines is 1. The van der Waals surface area contributed by atoms with Gasteiger partial charge in [0, 0.05) is 31.1 Å². The number of hydrogen-bond donors (Lipinski definition) is 1. The Morgan fingerprint density at radius 1 is 1.04 bits per heavy atom. The predicted octanol–water partition coefficient (Wildman–Crippen LogP) is 0.982. The quantitative estimate of drug-likeness (QED) is 0.805. The summed E-state index contributed by atoms with van der Waals surface area (Å²) in [6.07, 6.45) is 10.2. The molecule has 0 radical (unpaired) electrons. The Morgan fingerprint density at radius 2 is 1.73 bits per heavy atom. The van der Waals surface area contributed by atoms with Crippen molar-refractivity contribution < 1.29 is 19.1 Å². The maximum Gasteiger partial charge on any atom is 0.356 e. The van der Waals surface area contributed by atoms with Gasteiger partial charge in [0.25, 0.3) is 0 Å². The smallest absolute Gasteiger partial charge is 0.356 e. The summed E-state index contributed by atoms with van der Waals surface area (Å²) < 4.78 is 13.0. The molecule has 1 spiro atoms. The molecular weight excluding hydrogens is 336 g/mol. The van der Waals surface area contributed by atoms with Crippen molar-refractivity contribution in [3.63, 3.8) is 0 Å². The van der Waals surface area contributed by atoms with Crippen LogP contribution >= 0.6 is 0 Å². The number of pyridine rings is 1. The van der Waals surface area contributed by atoms with Crippen LogP contribution in [0.5, 0.6) is 0 Å². The highest BCUT2D eigenvalue weighted by Crippen LogP contribution is 2.30.